The molecule has 0 saturated carbocycles. The minimum Gasteiger partial charge on any atom is -0.370 e. The molecule has 0 aliphatic carbocycles. The molecule has 1 atom stereocenters. The number of aldehydes is 1. The third-order valence-corrected chi connectivity index (χ3v) is 3.35. The van der Waals surface area contributed by atoms with Gasteiger partial charge in [0.15, 0.2) is 0 Å². The number of nitrogens with zero attached hydrogens (tertiary/aromatic N) is 2. The number of anilines is 1. The van der Waals surface area contributed by atoms with Gasteiger partial charge in [-0.05, 0) is 44.3 Å². The molecule has 0 amide bonds. The van der Waals surface area contributed by atoms with E-state index in [4.69, 9.17) is 0 Å². The van der Waals surface area contributed by atoms with Gasteiger partial charge in [-0.25, -0.2) is 0 Å². The van der Waals surface area contributed by atoms with E-state index in [1.807, 2.05) is 24.3 Å². The molecule has 16 heavy (non-hydrogen) atoms. The Labute approximate surface area is 96.7 Å². The van der Waals surface area contributed by atoms with Crippen molar-refractivity contribution in [2.75, 3.05) is 32.1 Å². The standard InChI is InChI=1S/C13H18N2O/c1-14-8-7-13(9-14)15(2)12-5-3-11(10-16)4-6-12/h3-6,10,13H,7-9H2,1-2H3. The number of likely N-dealkylation sites (N-methyl/N-ethyl adjacent to an activating group) is 2. The van der Waals surface area contributed by atoms with E-state index in [0.717, 1.165) is 18.4 Å². The first-order chi connectivity index (χ1) is 7.70. The molecule has 0 radical (unpaired) electrons. The Hall–Kier alpha value is -1.35. The summed E-state index contributed by atoms with van der Waals surface area (Å²) in [5.41, 5.74) is 1.92. The maximum Gasteiger partial charge on any atom is 0.150 e. The summed E-state index contributed by atoms with van der Waals surface area (Å²) in [5, 5.41) is 0. The number of hydrogen-bond donors (Lipinski definition) is 0. The van der Waals surface area contributed by atoms with Crippen LogP contribution in [-0.4, -0.2) is 44.4 Å². The van der Waals surface area contributed by atoms with E-state index >= 15 is 0 Å². The largest absolute Gasteiger partial charge is 0.370 e. The van der Waals surface area contributed by atoms with Crippen LogP contribution in [0, 0.1) is 0 Å². The molecular formula is C13H18N2O. The van der Waals surface area contributed by atoms with Crippen LogP contribution in [0.4, 0.5) is 5.69 Å². The Morgan fingerprint density at radius 2 is 2.06 bits per heavy atom. The second-order valence-corrected chi connectivity index (χ2v) is 4.53. The van der Waals surface area contributed by atoms with Crippen molar-refractivity contribution < 1.29 is 4.79 Å². The molecule has 1 unspecified atom stereocenters. The molecule has 1 aliphatic rings. The zero-order valence-corrected chi connectivity index (χ0v) is 9.89. The lowest BCUT2D eigenvalue weighted by molar-refractivity contribution is 0.112. The van der Waals surface area contributed by atoms with Gasteiger partial charge in [0.25, 0.3) is 0 Å². The smallest absolute Gasteiger partial charge is 0.150 e. The zero-order chi connectivity index (χ0) is 11.5. The molecule has 0 N–H and O–H groups in total. The molecule has 0 bridgehead atoms. The molecule has 0 aromatic heterocycles. The Morgan fingerprint density at radius 1 is 1.38 bits per heavy atom. The van der Waals surface area contributed by atoms with Crippen molar-refractivity contribution in [3.63, 3.8) is 0 Å². The first-order valence-corrected chi connectivity index (χ1v) is 5.67. The van der Waals surface area contributed by atoms with Crippen LogP contribution in [0.2, 0.25) is 0 Å². The maximum absolute atomic E-state index is 10.6. The molecule has 1 saturated heterocycles. The van der Waals surface area contributed by atoms with Crippen molar-refractivity contribution in [2.45, 2.75) is 12.5 Å². The molecule has 1 aliphatic heterocycles. The van der Waals surface area contributed by atoms with Gasteiger partial charge in [-0.1, -0.05) is 0 Å². The van der Waals surface area contributed by atoms with E-state index in [-0.39, 0.29) is 0 Å². The second-order valence-electron chi connectivity index (χ2n) is 4.53. The Balaban J connectivity index is 2.08. The first kappa shape index (κ1) is 11.1. The normalized spacial score (nSPS) is 21.0. The van der Waals surface area contributed by atoms with Crippen molar-refractivity contribution in [1.82, 2.24) is 4.90 Å². The number of carbonyl (C=O) groups is 1. The lowest BCUT2D eigenvalue weighted by Gasteiger charge is -2.26. The molecule has 2 rings (SSSR count). The maximum atomic E-state index is 10.6. The van der Waals surface area contributed by atoms with Gasteiger partial charge in [0.05, 0.1) is 0 Å². The van der Waals surface area contributed by atoms with Gasteiger partial charge in [-0.15, -0.1) is 0 Å². The highest BCUT2D eigenvalue weighted by Crippen LogP contribution is 2.20. The third-order valence-electron chi connectivity index (χ3n) is 3.35. The van der Waals surface area contributed by atoms with Gasteiger partial charge in [0.2, 0.25) is 0 Å². The molecule has 0 spiro atoms. The van der Waals surface area contributed by atoms with E-state index < -0.39 is 0 Å². The molecule has 1 aromatic carbocycles. The highest BCUT2D eigenvalue weighted by Gasteiger charge is 2.23. The summed E-state index contributed by atoms with van der Waals surface area (Å²) in [6, 6.07) is 8.37. The molecule has 1 aromatic rings. The van der Waals surface area contributed by atoms with Crippen LogP contribution < -0.4 is 4.90 Å². The van der Waals surface area contributed by atoms with Crippen molar-refractivity contribution in [3.8, 4) is 0 Å². The van der Waals surface area contributed by atoms with Crippen molar-refractivity contribution in [1.29, 1.82) is 0 Å². The van der Waals surface area contributed by atoms with Crippen molar-refractivity contribution >= 4 is 12.0 Å². The molecule has 3 heteroatoms. The minimum atomic E-state index is 0.590. The molecule has 1 fully saturated rings. The number of carbonyl (C=O) groups excluding carboxylic acids is 1. The van der Waals surface area contributed by atoms with Crippen LogP contribution in [0.15, 0.2) is 24.3 Å². The average molecular weight is 218 g/mol. The van der Waals surface area contributed by atoms with Crippen LogP contribution in [0.25, 0.3) is 0 Å². The lowest BCUT2D eigenvalue weighted by atomic mass is 10.1. The van der Waals surface area contributed by atoms with Crippen molar-refractivity contribution in [3.05, 3.63) is 29.8 Å². The topological polar surface area (TPSA) is 23.6 Å². The van der Waals surface area contributed by atoms with Gasteiger partial charge in [-0.3, -0.25) is 4.79 Å². The summed E-state index contributed by atoms with van der Waals surface area (Å²) < 4.78 is 0. The second kappa shape index (κ2) is 4.66. The fraction of sp³-hybridized carbons (Fsp3) is 0.462. The van der Waals surface area contributed by atoms with E-state index in [9.17, 15) is 4.79 Å². The first-order valence-electron chi connectivity index (χ1n) is 5.67. The van der Waals surface area contributed by atoms with Crippen LogP contribution in [-0.2, 0) is 0 Å². The van der Waals surface area contributed by atoms with Gasteiger partial charge >= 0.3 is 0 Å². The lowest BCUT2D eigenvalue weighted by Crippen LogP contribution is -2.33. The fourth-order valence-electron chi connectivity index (χ4n) is 2.23. The summed E-state index contributed by atoms with van der Waals surface area (Å²) in [7, 11) is 4.28. The Morgan fingerprint density at radius 3 is 2.56 bits per heavy atom. The van der Waals surface area contributed by atoms with Crippen LogP contribution in [0.5, 0.6) is 0 Å². The van der Waals surface area contributed by atoms with Gasteiger partial charge < -0.3 is 9.80 Å². The van der Waals surface area contributed by atoms with Crippen LogP contribution in [0.3, 0.4) is 0 Å². The van der Waals surface area contributed by atoms with Crippen LogP contribution >= 0.6 is 0 Å². The highest BCUT2D eigenvalue weighted by molar-refractivity contribution is 5.75. The monoisotopic (exact) mass is 218 g/mol. The summed E-state index contributed by atoms with van der Waals surface area (Å²) >= 11 is 0. The predicted octanol–water partition coefficient (Wildman–Crippen LogP) is 1.64. The number of rotatable bonds is 3. The fourth-order valence-corrected chi connectivity index (χ4v) is 2.23. The minimum absolute atomic E-state index is 0.590. The summed E-state index contributed by atoms with van der Waals surface area (Å²) in [5.74, 6) is 0. The molecule has 3 nitrogen and oxygen atoms in total. The molecular weight excluding hydrogens is 200 g/mol. The van der Waals surface area contributed by atoms with E-state index in [0.29, 0.717) is 6.04 Å². The molecule has 1 heterocycles. The van der Waals surface area contributed by atoms with Crippen molar-refractivity contribution in [2.24, 2.45) is 0 Å². The number of benzene rings is 1. The Bertz CT molecular complexity index is 361. The quantitative estimate of drug-likeness (QED) is 0.721. The molecule has 86 valence electrons. The number of likely N-dealkylation sites (tertiary alicyclic amines) is 1. The third kappa shape index (κ3) is 2.25. The summed E-state index contributed by atoms with van der Waals surface area (Å²) in [6.45, 7) is 2.29. The Kier molecular flexibility index (Phi) is 3.25. The zero-order valence-electron chi connectivity index (χ0n) is 9.89. The van der Waals surface area contributed by atoms with Gasteiger partial charge in [-0.2, -0.15) is 0 Å². The highest BCUT2D eigenvalue weighted by atomic mass is 16.1. The SMILES string of the molecule is CN1CCC(N(C)c2ccc(C=O)cc2)C1. The van der Waals surface area contributed by atoms with Crippen LogP contribution in [0.1, 0.15) is 16.8 Å². The number of hydrogen-bond acceptors (Lipinski definition) is 3. The summed E-state index contributed by atoms with van der Waals surface area (Å²) in [6.07, 6.45) is 2.09. The van der Waals surface area contributed by atoms with E-state index in [1.165, 1.54) is 18.7 Å². The van der Waals surface area contributed by atoms with Gasteiger partial charge in [0, 0.05) is 30.9 Å². The average Bonchev–Trinajstić information content (AvgIpc) is 2.75. The van der Waals surface area contributed by atoms with Gasteiger partial charge in [0.1, 0.15) is 6.29 Å². The summed E-state index contributed by atoms with van der Waals surface area (Å²) in [4.78, 5) is 15.2. The van der Waals surface area contributed by atoms with E-state index in [2.05, 4.69) is 23.9 Å². The van der Waals surface area contributed by atoms with E-state index in [1.54, 1.807) is 0 Å². The predicted molar refractivity (Wildman–Crippen MR) is 66.1 cm³/mol.